The zero-order valence-corrected chi connectivity index (χ0v) is 25.0. The molecule has 11 heteroatoms. The third-order valence-corrected chi connectivity index (χ3v) is 8.96. The highest BCUT2D eigenvalue weighted by Crippen LogP contribution is 2.41. The van der Waals surface area contributed by atoms with Crippen LogP contribution in [-0.4, -0.2) is 75.0 Å². The van der Waals surface area contributed by atoms with Crippen LogP contribution >= 0.6 is 11.8 Å². The number of carbonyl (C=O) groups is 1. The molecule has 214 valence electrons. The molecule has 1 atom stereocenters. The summed E-state index contributed by atoms with van der Waals surface area (Å²) in [5, 5.41) is 11.8. The van der Waals surface area contributed by atoms with Gasteiger partial charge in [0, 0.05) is 49.8 Å². The number of methoxy groups -OCH3 is 1. The van der Waals surface area contributed by atoms with E-state index in [0.717, 1.165) is 54.0 Å². The maximum atomic E-state index is 12.5. The Kier molecular flexibility index (Phi) is 8.18. The Morgan fingerprint density at radius 1 is 1.20 bits per heavy atom. The third kappa shape index (κ3) is 5.73. The molecule has 41 heavy (non-hydrogen) atoms. The summed E-state index contributed by atoms with van der Waals surface area (Å²) >= 11 is 1.84. The van der Waals surface area contributed by atoms with Crippen molar-refractivity contribution in [1.29, 1.82) is 0 Å². The first-order valence-corrected chi connectivity index (χ1v) is 14.7. The lowest BCUT2D eigenvalue weighted by molar-refractivity contribution is -0.111. The van der Waals surface area contributed by atoms with Crippen LogP contribution in [-0.2, 0) is 11.8 Å². The molecule has 2 N–H and O–H groups in total. The molecule has 1 aliphatic rings. The zero-order chi connectivity index (χ0) is 29.1. The molecule has 4 aromatic rings. The molecule has 5 rings (SSSR count). The van der Waals surface area contributed by atoms with E-state index in [1.165, 1.54) is 12.4 Å². The van der Waals surface area contributed by atoms with Crippen LogP contribution < -0.4 is 20.3 Å². The van der Waals surface area contributed by atoms with Crippen LogP contribution in [0.2, 0.25) is 0 Å². The van der Waals surface area contributed by atoms with Crippen molar-refractivity contribution in [3.63, 3.8) is 0 Å². The van der Waals surface area contributed by atoms with E-state index >= 15 is 0 Å². The molecule has 1 amide bonds. The van der Waals surface area contributed by atoms with E-state index in [1.807, 2.05) is 60.0 Å². The Balaban J connectivity index is 1.50. The Morgan fingerprint density at radius 3 is 2.76 bits per heavy atom. The van der Waals surface area contributed by atoms with Crippen LogP contribution in [0.5, 0.6) is 5.75 Å². The number of fused-ring (bicyclic) bond motifs is 1. The van der Waals surface area contributed by atoms with Crippen LogP contribution in [0.4, 0.5) is 22.9 Å². The lowest BCUT2D eigenvalue weighted by Crippen LogP contribution is -2.59. The fourth-order valence-corrected chi connectivity index (χ4v) is 6.07. The highest BCUT2D eigenvalue weighted by Gasteiger charge is 2.37. The van der Waals surface area contributed by atoms with E-state index in [2.05, 4.69) is 68.2 Å². The van der Waals surface area contributed by atoms with Gasteiger partial charge < -0.3 is 20.3 Å². The van der Waals surface area contributed by atoms with Crippen molar-refractivity contribution >= 4 is 51.5 Å². The van der Waals surface area contributed by atoms with Gasteiger partial charge in [0.05, 0.1) is 46.5 Å². The lowest BCUT2D eigenvalue weighted by atomic mass is 10.1. The highest BCUT2D eigenvalue weighted by atomic mass is 32.2. The fraction of sp³-hybridized carbons (Fsp3) is 0.333. The predicted octanol–water partition coefficient (Wildman–Crippen LogP) is 5.13. The molecule has 1 saturated heterocycles. The summed E-state index contributed by atoms with van der Waals surface area (Å²) in [7, 11) is 3.56. The summed E-state index contributed by atoms with van der Waals surface area (Å²) in [5.41, 5.74) is 4.98. The second-order valence-corrected chi connectivity index (χ2v) is 11.4. The maximum absolute atomic E-state index is 12.5. The number of anilines is 4. The molecular weight excluding hydrogens is 536 g/mol. The minimum atomic E-state index is -0.280. The zero-order valence-electron chi connectivity index (χ0n) is 24.1. The van der Waals surface area contributed by atoms with E-state index < -0.39 is 0 Å². The van der Waals surface area contributed by atoms with Crippen LogP contribution in [0.25, 0.3) is 22.2 Å². The summed E-state index contributed by atoms with van der Waals surface area (Å²) in [5.74, 6) is 0.951. The number of nitrogens with one attached hydrogen (secondary N) is 2. The number of carbonyl (C=O) groups excluding carboxylic acids is 1. The quantitative estimate of drug-likeness (QED) is 0.265. The average Bonchev–Trinajstić information content (AvgIpc) is 3.37. The number of aromatic nitrogens is 4. The Morgan fingerprint density at radius 2 is 2.02 bits per heavy atom. The molecule has 0 aliphatic carbocycles. The van der Waals surface area contributed by atoms with Gasteiger partial charge in [0.25, 0.3) is 0 Å². The Labute approximate surface area is 244 Å². The molecule has 2 aromatic carbocycles. The smallest absolute Gasteiger partial charge is 0.247 e. The molecule has 10 nitrogen and oxygen atoms in total. The van der Waals surface area contributed by atoms with Gasteiger partial charge in [-0.05, 0) is 37.9 Å². The first-order valence-electron chi connectivity index (χ1n) is 13.5. The van der Waals surface area contributed by atoms with Crippen molar-refractivity contribution in [3.8, 4) is 17.0 Å². The number of aryl methyl sites for hydroxylation is 1. The van der Waals surface area contributed by atoms with Crippen molar-refractivity contribution in [2.75, 3.05) is 55.1 Å². The first kappa shape index (κ1) is 28.4. The van der Waals surface area contributed by atoms with E-state index in [0.29, 0.717) is 22.9 Å². The second-order valence-electron chi connectivity index (χ2n) is 10.1. The molecule has 0 bridgehead atoms. The van der Waals surface area contributed by atoms with E-state index in [9.17, 15) is 4.79 Å². The SMILES string of the molecule is C=CC(=O)Nc1cc(Nc2cc(-c3ccc4cnn(C)c4c3)ncn2)c(OC)cc1N1CCN(CC)[C@@](C)(SC)C1. The number of likely N-dealkylation sites (N-methyl/N-ethyl adjacent to an activating group) is 1. The van der Waals surface area contributed by atoms with Crippen molar-refractivity contribution in [2.45, 2.75) is 18.7 Å². The number of thioether (sulfide) groups is 1. The van der Waals surface area contributed by atoms with Crippen molar-refractivity contribution in [1.82, 2.24) is 24.6 Å². The largest absolute Gasteiger partial charge is 0.494 e. The monoisotopic (exact) mass is 572 g/mol. The van der Waals surface area contributed by atoms with Gasteiger partial charge in [-0.3, -0.25) is 14.4 Å². The van der Waals surface area contributed by atoms with Crippen LogP contribution in [0.1, 0.15) is 13.8 Å². The summed E-state index contributed by atoms with van der Waals surface area (Å²) < 4.78 is 7.67. The topological polar surface area (TPSA) is 100 Å². The molecule has 3 heterocycles. The number of hydrogen-bond acceptors (Lipinski definition) is 9. The lowest BCUT2D eigenvalue weighted by Gasteiger charge is -2.49. The standard InChI is InChI=1S/C30H36N8O2S/c1-7-29(39)35-23-14-24(27(40-5)16-26(23)37-11-12-38(8-2)30(3,18-37)41-6)34-28-15-22(31-19-32-28)20-9-10-21-17-33-36(4)25(21)13-20/h7,9-10,13-17,19H,1,8,11-12,18H2,2-6H3,(H,35,39)(H,31,32,34)/t30-/m0/s1. The maximum Gasteiger partial charge on any atom is 0.247 e. The molecule has 2 aromatic heterocycles. The third-order valence-electron chi connectivity index (χ3n) is 7.69. The number of nitrogens with zero attached hydrogens (tertiary/aromatic N) is 6. The number of piperazine rings is 1. The summed E-state index contributed by atoms with van der Waals surface area (Å²) in [6.45, 7) is 11.6. The van der Waals surface area contributed by atoms with Crippen LogP contribution in [0.15, 0.2) is 61.6 Å². The number of amides is 1. The molecular formula is C30H36N8O2S. The van der Waals surface area contributed by atoms with Gasteiger partial charge in [0.2, 0.25) is 5.91 Å². The number of hydrogen-bond donors (Lipinski definition) is 2. The van der Waals surface area contributed by atoms with Crippen LogP contribution in [0.3, 0.4) is 0 Å². The minimum Gasteiger partial charge on any atom is -0.494 e. The molecule has 0 spiro atoms. The molecule has 0 unspecified atom stereocenters. The summed E-state index contributed by atoms with van der Waals surface area (Å²) in [4.78, 5) is 26.2. The van der Waals surface area contributed by atoms with Gasteiger partial charge in [-0.25, -0.2) is 9.97 Å². The van der Waals surface area contributed by atoms with Gasteiger partial charge in [-0.2, -0.15) is 5.10 Å². The van der Waals surface area contributed by atoms with Crippen molar-refractivity contribution < 1.29 is 9.53 Å². The molecule has 1 fully saturated rings. The van der Waals surface area contributed by atoms with Gasteiger partial charge in [0.15, 0.2) is 0 Å². The second kappa shape index (κ2) is 11.8. The molecule has 0 saturated carbocycles. The number of rotatable bonds is 9. The summed E-state index contributed by atoms with van der Waals surface area (Å²) in [6.07, 6.45) is 6.79. The van der Waals surface area contributed by atoms with E-state index in [-0.39, 0.29) is 10.8 Å². The van der Waals surface area contributed by atoms with Gasteiger partial charge >= 0.3 is 0 Å². The van der Waals surface area contributed by atoms with Crippen LogP contribution in [0, 0.1) is 0 Å². The normalized spacial score (nSPS) is 17.4. The molecule has 1 aliphatic heterocycles. The Bertz CT molecular complexity index is 1590. The van der Waals surface area contributed by atoms with Gasteiger partial charge in [-0.15, -0.1) is 11.8 Å². The van der Waals surface area contributed by atoms with Crippen molar-refractivity contribution in [2.24, 2.45) is 7.05 Å². The number of benzene rings is 2. The Hall–Kier alpha value is -4.09. The fourth-order valence-electron chi connectivity index (χ4n) is 5.31. The predicted molar refractivity (Wildman–Crippen MR) is 168 cm³/mol. The molecule has 0 radical (unpaired) electrons. The highest BCUT2D eigenvalue weighted by molar-refractivity contribution is 7.99. The van der Waals surface area contributed by atoms with Gasteiger partial charge in [0.1, 0.15) is 17.9 Å². The van der Waals surface area contributed by atoms with Gasteiger partial charge in [-0.1, -0.05) is 25.6 Å². The minimum absolute atomic E-state index is 0.0628. The summed E-state index contributed by atoms with van der Waals surface area (Å²) in [6, 6.07) is 11.9. The number of ether oxygens (including phenoxy) is 1. The van der Waals surface area contributed by atoms with E-state index in [4.69, 9.17) is 4.74 Å². The van der Waals surface area contributed by atoms with Crippen molar-refractivity contribution in [3.05, 3.63) is 61.6 Å². The average molecular weight is 573 g/mol. The van der Waals surface area contributed by atoms with E-state index in [1.54, 1.807) is 7.11 Å². The first-order chi connectivity index (χ1) is 19.8.